The average molecular weight is 296 g/mol. The summed E-state index contributed by atoms with van der Waals surface area (Å²) in [5, 5.41) is 2.49. The lowest BCUT2D eigenvalue weighted by atomic mass is 10.2. The third kappa shape index (κ3) is 4.66. The quantitative estimate of drug-likeness (QED) is 0.772. The zero-order valence-electron chi connectivity index (χ0n) is 11.5. The van der Waals surface area contributed by atoms with E-state index in [-0.39, 0.29) is 32.2 Å². The first kappa shape index (κ1) is 16.7. The maximum Gasteiger partial charge on any atom is 0.471 e. The molecule has 1 heterocycles. The van der Waals surface area contributed by atoms with Crippen LogP contribution < -0.4 is 5.32 Å². The second-order valence-electron chi connectivity index (χ2n) is 4.86. The molecule has 1 saturated heterocycles. The van der Waals surface area contributed by atoms with E-state index in [1.807, 2.05) is 13.8 Å². The van der Waals surface area contributed by atoms with Crippen LogP contribution in [0.4, 0.5) is 13.2 Å². The molecule has 0 aliphatic carbocycles. The molecule has 1 N–H and O–H groups in total. The molecule has 0 aromatic heterocycles. The number of rotatable bonds is 5. The molecule has 2 amide bonds. The highest BCUT2D eigenvalue weighted by Crippen LogP contribution is 2.25. The van der Waals surface area contributed by atoms with Gasteiger partial charge in [0.15, 0.2) is 0 Å². The van der Waals surface area contributed by atoms with Gasteiger partial charge in [-0.3, -0.25) is 9.59 Å². The number of hydrogen-bond donors (Lipinski definition) is 1. The van der Waals surface area contributed by atoms with Crippen LogP contribution in [0.2, 0.25) is 0 Å². The lowest BCUT2D eigenvalue weighted by Gasteiger charge is -2.24. The average Bonchev–Trinajstić information content (AvgIpc) is 2.80. The number of nitrogens with one attached hydrogen (secondary N) is 1. The fraction of sp³-hybridized carbons (Fsp3) is 0.833. The molecule has 1 aliphatic rings. The molecule has 1 aliphatic heterocycles. The van der Waals surface area contributed by atoms with E-state index in [0.29, 0.717) is 11.3 Å². The highest BCUT2D eigenvalue weighted by atomic mass is 19.4. The van der Waals surface area contributed by atoms with Crippen LogP contribution in [0.15, 0.2) is 0 Å². The van der Waals surface area contributed by atoms with Crippen molar-refractivity contribution in [3.05, 3.63) is 0 Å². The summed E-state index contributed by atoms with van der Waals surface area (Å²) in [5.74, 6) is -2.51. The van der Waals surface area contributed by atoms with Crippen molar-refractivity contribution in [3.8, 4) is 0 Å². The normalized spacial score (nSPS) is 19.5. The van der Waals surface area contributed by atoms with Gasteiger partial charge in [-0.1, -0.05) is 0 Å². The second kappa shape index (κ2) is 6.92. The Morgan fingerprint density at radius 3 is 2.60 bits per heavy atom. The first-order valence-corrected chi connectivity index (χ1v) is 6.50. The monoisotopic (exact) mass is 296 g/mol. The van der Waals surface area contributed by atoms with Crippen molar-refractivity contribution in [1.29, 1.82) is 0 Å². The third-order valence-corrected chi connectivity index (χ3v) is 2.91. The Kier molecular flexibility index (Phi) is 5.79. The van der Waals surface area contributed by atoms with Gasteiger partial charge in [-0.05, 0) is 26.7 Å². The number of alkyl halides is 3. The third-order valence-electron chi connectivity index (χ3n) is 2.91. The molecule has 5 nitrogen and oxygen atoms in total. The fourth-order valence-electron chi connectivity index (χ4n) is 2.03. The molecule has 0 aromatic rings. The molecule has 0 aromatic carbocycles. The van der Waals surface area contributed by atoms with E-state index >= 15 is 0 Å². The summed E-state index contributed by atoms with van der Waals surface area (Å²) in [5.41, 5.74) is 0. The molecule has 1 rings (SSSR count). The molecule has 1 fully saturated rings. The molecular weight excluding hydrogens is 277 g/mol. The number of ether oxygens (including phenoxy) is 1. The highest BCUT2D eigenvalue weighted by Gasteiger charge is 2.47. The van der Waals surface area contributed by atoms with Crippen molar-refractivity contribution in [2.45, 2.75) is 45.0 Å². The van der Waals surface area contributed by atoms with Gasteiger partial charge in [0.2, 0.25) is 5.91 Å². The van der Waals surface area contributed by atoms with E-state index < -0.39 is 24.0 Å². The molecule has 0 spiro atoms. The van der Waals surface area contributed by atoms with Gasteiger partial charge in [-0.2, -0.15) is 13.2 Å². The van der Waals surface area contributed by atoms with E-state index in [2.05, 4.69) is 5.32 Å². The number of amides is 2. The molecule has 0 radical (unpaired) electrons. The van der Waals surface area contributed by atoms with E-state index in [0.717, 1.165) is 0 Å². The predicted octanol–water partition coefficient (Wildman–Crippen LogP) is 1.08. The predicted molar refractivity (Wildman–Crippen MR) is 64.9 cm³/mol. The minimum absolute atomic E-state index is 0.0155. The van der Waals surface area contributed by atoms with Crippen LogP contribution in [-0.4, -0.2) is 54.7 Å². The smallest absolute Gasteiger partial charge is 0.377 e. The number of carbonyl (C=O) groups excluding carboxylic acids is 2. The van der Waals surface area contributed by atoms with Crippen molar-refractivity contribution < 1.29 is 27.5 Å². The zero-order valence-corrected chi connectivity index (χ0v) is 11.5. The number of carbonyl (C=O) groups is 2. The Hall–Kier alpha value is -1.31. The van der Waals surface area contributed by atoms with Gasteiger partial charge < -0.3 is 15.0 Å². The van der Waals surface area contributed by atoms with Crippen LogP contribution in [-0.2, 0) is 14.3 Å². The molecule has 1 atom stereocenters. The Morgan fingerprint density at radius 1 is 1.40 bits per heavy atom. The number of halogens is 3. The van der Waals surface area contributed by atoms with E-state index in [1.165, 1.54) is 0 Å². The van der Waals surface area contributed by atoms with Gasteiger partial charge in [0, 0.05) is 13.1 Å². The van der Waals surface area contributed by atoms with Gasteiger partial charge in [0.25, 0.3) is 0 Å². The maximum absolute atomic E-state index is 12.4. The van der Waals surface area contributed by atoms with Crippen LogP contribution in [0, 0.1) is 0 Å². The zero-order chi connectivity index (χ0) is 15.3. The van der Waals surface area contributed by atoms with Crippen LogP contribution in [0.5, 0.6) is 0 Å². The van der Waals surface area contributed by atoms with E-state index in [1.54, 1.807) is 0 Å². The van der Waals surface area contributed by atoms with Crippen molar-refractivity contribution in [2.24, 2.45) is 0 Å². The van der Waals surface area contributed by atoms with E-state index in [4.69, 9.17) is 4.74 Å². The SMILES string of the molecule is CC(C)OCCNC(=O)C1CCCN1C(=O)C(F)(F)F. The van der Waals surface area contributed by atoms with Crippen molar-refractivity contribution in [3.63, 3.8) is 0 Å². The molecule has 116 valence electrons. The largest absolute Gasteiger partial charge is 0.471 e. The standard InChI is InChI=1S/C12H19F3N2O3/c1-8(2)20-7-5-16-10(18)9-4-3-6-17(9)11(19)12(13,14)15/h8-9H,3-7H2,1-2H3,(H,16,18). The van der Waals surface area contributed by atoms with Gasteiger partial charge in [-0.25, -0.2) is 0 Å². The van der Waals surface area contributed by atoms with Crippen LogP contribution in [0.3, 0.4) is 0 Å². The van der Waals surface area contributed by atoms with Gasteiger partial charge in [0.05, 0.1) is 12.7 Å². The Labute approximate surface area is 115 Å². The summed E-state index contributed by atoms with van der Waals surface area (Å²) in [7, 11) is 0. The summed E-state index contributed by atoms with van der Waals surface area (Å²) < 4.78 is 42.4. The molecule has 0 bridgehead atoms. The number of nitrogens with zero attached hydrogens (tertiary/aromatic N) is 1. The highest BCUT2D eigenvalue weighted by molar-refractivity contribution is 5.90. The fourth-order valence-corrected chi connectivity index (χ4v) is 2.03. The summed E-state index contributed by atoms with van der Waals surface area (Å²) in [6.45, 7) is 4.12. The topological polar surface area (TPSA) is 58.6 Å². The Balaban J connectivity index is 2.48. The van der Waals surface area contributed by atoms with Gasteiger partial charge in [0.1, 0.15) is 6.04 Å². The molecule has 8 heteroatoms. The summed E-state index contributed by atoms with van der Waals surface area (Å²) in [6, 6.07) is -1.04. The molecule has 20 heavy (non-hydrogen) atoms. The van der Waals surface area contributed by atoms with Crippen molar-refractivity contribution in [2.75, 3.05) is 19.7 Å². The van der Waals surface area contributed by atoms with Crippen LogP contribution >= 0.6 is 0 Å². The first-order valence-electron chi connectivity index (χ1n) is 6.50. The van der Waals surface area contributed by atoms with Gasteiger partial charge >= 0.3 is 12.1 Å². The first-order chi connectivity index (χ1) is 9.23. The lowest BCUT2D eigenvalue weighted by Crippen LogP contribution is -2.50. The van der Waals surface area contributed by atoms with E-state index in [9.17, 15) is 22.8 Å². The van der Waals surface area contributed by atoms with Crippen molar-refractivity contribution >= 4 is 11.8 Å². The molecule has 1 unspecified atom stereocenters. The second-order valence-corrected chi connectivity index (χ2v) is 4.86. The number of likely N-dealkylation sites (tertiary alicyclic amines) is 1. The Morgan fingerprint density at radius 2 is 2.05 bits per heavy atom. The summed E-state index contributed by atoms with van der Waals surface area (Å²) >= 11 is 0. The number of hydrogen-bond acceptors (Lipinski definition) is 3. The van der Waals surface area contributed by atoms with Crippen LogP contribution in [0.1, 0.15) is 26.7 Å². The van der Waals surface area contributed by atoms with Crippen molar-refractivity contribution in [1.82, 2.24) is 10.2 Å². The summed E-state index contributed by atoms with van der Waals surface area (Å²) in [6.07, 6.45) is -4.29. The maximum atomic E-state index is 12.4. The van der Waals surface area contributed by atoms with Crippen LogP contribution in [0.25, 0.3) is 0 Å². The van der Waals surface area contributed by atoms with Gasteiger partial charge in [-0.15, -0.1) is 0 Å². The molecule has 0 saturated carbocycles. The Bertz CT molecular complexity index is 358. The minimum atomic E-state index is -4.94. The lowest BCUT2D eigenvalue weighted by molar-refractivity contribution is -0.186. The molecular formula is C12H19F3N2O3. The summed E-state index contributed by atoms with van der Waals surface area (Å²) in [4.78, 5) is 23.6. The minimum Gasteiger partial charge on any atom is -0.377 e.